The molecule has 2 fully saturated rings. The zero-order chi connectivity index (χ0) is 16.0. The van der Waals surface area contributed by atoms with Crippen LogP contribution in [0.4, 0.5) is 0 Å². The van der Waals surface area contributed by atoms with Crippen molar-refractivity contribution >= 4 is 0 Å². The van der Waals surface area contributed by atoms with Crippen molar-refractivity contribution in [2.75, 3.05) is 0 Å². The van der Waals surface area contributed by atoms with E-state index in [2.05, 4.69) is 38.3 Å². The van der Waals surface area contributed by atoms with Gasteiger partial charge < -0.3 is 10.6 Å². The second-order valence-corrected chi connectivity index (χ2v) is 9.10. The Bertz CT molecular complexity index is 301. The van der Waals surface area contributed by atoms with Gasteiger partial charge in [-0.25, -0.2) is 0 Å². The molecular weight excluding hydrogens is 268 g/mol. The highest BCUT2D eigenvalue weighted by Gasteiger charge is 2.24. The van der Waals surface area contributed by atoms with Crippen LogP contribution in [0.2, 0.25) is 0 Å². The summed E-state index contributed by atoms with van der Waals surface area (Å²) >= 11 is 0. The Morgan fingerprint density at radius 1 is 0.818 bits per heavy atom. The lowest BCUT2D eigenvalue weighted by atomic mass is 9.90. The molecule has 130 valence electrons. The monoisotopic (exact) mass is 308 g/mol. The number of nitrogens with one attached hydrogen (secondary N) is 2. The smallest absolute Gasteiger partial charge is 0.00990 e. The summed E-state index contributed by atoms with van der Waals surface area (Å²) in [6.45, 7) is 9.31. The van der Waals surface area contributed by atoms with E-state index >= 15 is 0 Å². The molecule has 0 aromatic heterocycles. The maximum absolute atomic E-state index is 3.92. The highest BCUT2D eigenvalue weighted by molar-refractivity contribution is 4.83. The van der Waals surface area contributed by atoms with Crippen LogP contribution < -0.4 is 10.6 Å². The van der Waals surface area contributed by atoms with Crippen molar-refractivity contribution in [3.05, 3.63) is 0 Å². The van der Waals surface area contributed by atoms with Gasteiger partial charge in [-0.1, -0.05) is 32.1 Å². The van der Waals surface area contributed by atoms with E-state index in [0.717, 1.165) is 18.0 Å². The topological polar surface area (TPSA) is 24.1 Å². The summed E-state index contributed by atoms with van der Waals surface area (Å²) in [6.07, 6.45) is 15.6. The van der Waals surface area contributed by atoms with Crippen molar-refractivity contribution in [3.8, 4) is 0 Å². The molecule has 2 N–H and O–H groups in total. The minimum absolute atomic E-state index is 0.264. The molecule has 0 amide bonds. The average Bonchev–Trinajstić information content (AvgIpc) is 2.63. The van der Waals surface area contributed by atoms with E-state index in [1.807, 2.05) is 0 Å². The van der Waals surface area contributed by atoms with Gasteiger partial charge in [-0.05, 0) is 72.1 Å². The van der Waals surface area contributed by atoms with Crippen LogP contribution in [0, 0.1) is 5.92 Å². The fourth-order valence-electron chi connectivity index (χ4n) is 4.61. The van der Waals surface area contributed by atoms with Gasteiger partial charge in [0, 0.05) is 23.7 Å². The summed E-state index contributed by atoms with van der Waals surface area (Å²) in [5, 5.41) is 7.74. The minimum Gasteiger partial charge on any atom is -0.311 e. The van der Waals surface area contributed by atoms with Crippen LogP contribution in [0.5, 0.6) is 0 Å². The molecule has 0 aromatic rings. The van der Waals surface area contributed by atoms with Crippen LogP contribution in [0.25, 0.3) is 0 Å². The zero-order valence-corrected chi connectivity index (χ0v) is 15.6. The molecule has 0 saturated heterocycles. The quantitative estimate of drug-likeness (QED) is 0.696. The molecule has 2 saturated carbocycles. The van der Waals surface area contributed by atoms with Crippen molar-refractivity contribution in [2.24, 2.45) is 5.92 Å². The lowest BCUT2D eigenvalue weighted by Gasteiger charge is -2.29. The van der Waals surface area contributed by atoms with Crippen molar-refractivity contribution in [1.82, 2.24) is 10.6 Å². The molecule has 2 aliphatic carbocycles. The molecule has 0 bridgehead atoms. The summed E-state index contributed by atoms with van der Waals surface area (Å²) in [7, 11) is 0. The fraction of sp³-hybridized carbons (Fsp3) is 1.00. The normalized spacial score (nSPS) is 30.0. The molecule has 0 heterocycles. The Morgan fingerprint density at radius 3 is 2.18 bits per heavy atom. The van der Waals surface area contributed by atoms with Crippen molar-refractivity contribution in [3.63, 3.8) is 0 Å². The van der Waals surface area contributed by atoms with Crippen LogP contribution >= 0.6 is 0 Å². The molecule has 2 aliphatic rings. The first-order chi connectivity index (χ1) is 10.4. The van der Waals surface area contributed by atoms with Gasteiger partial charge in [0.15, 0.2) is 0 Å². The van der Waals surface area contributed by atoms with Gasteiger partial charge in [-0.15, -0.1) is 0 Å². The SMILES string of the molecule is CC(CC1CCCC(NC(C)(C)C)CC1)NC1CCCCC1. The van der Waals surface area contributed by atoms with E-state index in [1.54, 1.807) is 0 Å². The van der Waals surface area contributed by atoms with Gasteiger partial charge in [0.1, 0.15) is 0 Å². The predicted molar refractivity (Wildman–Crippen MR) is 97.3 cm³/mol. The van der Waals surface area contributed by atoms with E-state index in [1.165, 1.54) is 70.6 Å². The van der Waals surface area contributed by atoms with E-state index < -0.39 is 0 Å². The maximum Gasteiger partial charge on any atom is 0.00990 e. The molecule has 0 radical (unpaired) electrons. The van der Waals surface area contributed by atoms with Gasteiger partial charge in [-0.2, -0.15) is 0 Å². The number of rotatable bonds is 5. The minimum atomic E-state index is 0.264. The number of hydrogen-bond donors (Lipinski definition) is 2. The Balaban J connectivity index is 1.69. The molecule has 3 atom stereocenters. The van der Waals surface area contributed by atoms with Crippen LogP contribution in [0.15, 0.2) is 0 Å². The summed E-state index contributed by atoms with van der Waals surface area (Å²) in [4.78, 5) is 0. The molecular formula is C20H40N2. The van der Waals surface area contributed by atoms with E-state index in [9.17, 15) is 0 Å². The lowest BCUT2D eigenvalue weighted by Crippen LogP contribution is -2.43. The van der Waals surface area contributed by atoms with Crippen LogP contribution in [-0.2, 0) is 0 Å². The van der Waals surface area contributed by atoms with Crippen LogP contribution in [-0.4, -0.2) is 23.7 Å². The number of hydrogen-bond acceptors (Lipinski definition) is 2. The third kappa shape index (κ3) is 7.00. The second kappa shape index (κ2) is 8.68. The lowest BCUT2D eigenvalue weighted by molar-refractivity contribution is 0.296. The zero-order valence-electron chi connectivity index (χ0n) is 15.6. The van der Waals surface area contributed by atoms with E-state index in [0.29, 0.717) is 6.04 Å². The van der Waals surface area contributed by atoms with Gasteiger partial charge in [0.05, 0.1) is 0 Å². The third-order valence-corrected chi connectivity index (χ3v) is 5.54. The summed E-state index contributed by atoms with van der Waals surface area (Å²) in [5.74, 6) is 0.942. The molecule has 2 rings (SSSR count). The standard InChI is InChI=1S/C20H40N2/c1-16(21-18-10-6-5-7-11-18)15-17-9-8-12-19(14-13-17)22-20(2,3)4/h16-19,21-22H,5-15H2,1-4H3. The molecule has 3 unspecified atom stereocenters. The Kier molecular flexibility index (Phi) is 7.21. The van der Waals surface area contributed by atoms with Gasteiger partial charge >= 0.3 is 0 Å². The molecule has 0 aromatic carbocycles. The maximum atomic E-state index is 3.92. The van der Waals surface area contributed by atoms with Crippen molar-refractivity contribution < 1.29 is 0 Å². The first kappa shape index (κ1) is 18.3. The summed E-state index contributed by atoms with van der Waals surface area (Å²) in [5.41, 5.74) is 0.264. The molecule has 2 nitrogen and oxygen atoms in total. The highest BCUT2D eigenvalue weighted by Crippen LogP contribution is 2.28. The fourth-order valence-corrected chi connectivity index (χ4v) is 4.61. The van der Waals surface area contributed by atoms with Crippen molar-refractivity contribution in [1.29, 1.82) is 0 Å². The van der Waals surface area contributed by atoms with Gasteiger partial charge in [0.25, 0.3) is 0 Å². The summed E-state index contributed by atoms with van der Waals surface area (Å²) in [6, 6.07) is 2.26. The van der Waals surface area contributed by atoms with Gasteiger partial charge in [0.2, 0.25) is 0 Å². The first-order valence-electron chi connectivity index (χ1n) is 9.96. The summed E-state index contributed by atoms with van der Waals surface area (Å²) < 4.78 is 0. The van der Waals surface area contributed by atoms with Crippen LogP contribution in [0.3, 0.4) is 0 Å². The Morgan fingerprint density at radius 2 is 1.50 bits per heavy atom. The third-order valence-electron chi connectivity index (χ3n) is 5.54. The van der Waals surface area contributed by atoms with Crippen molar-refractivity contribution in [2.45, 2.75) is 122 Å². The Labute approximate surface area is 139 Å². The molecule has 0 aliphatic heterocycles. The predicted octanol–water partition coefficient (Wildman–Crippen LogP) is 5.02. The molecule has 0 spiro atoms. The highest BCUT2D eigenvalue weighted by atomic mass is 15.0. The molecule has 2 heteroatoms. The largest absolute Gasteiger partial charge is 0.311 e. The average molecular weight is 309 g/mol. The van der Waals surface area contributed by atoms with E-state index in [4.69, 9.17) is 0 Å². The van der Waals surface area contributed by atoms with E-state index in [-0.39, 0.29) is 5.54 Å². The van der Waals surface area contributed by atoms with Crippen LogP contribution in [0.1, 0.15) is 98.3 Å². The first-order valence-corrected chi connectivity index (χ1v) is 9.96. The van der Waals surface area contributed by atoms with Gasteiger partial charge in [-0.3, -0.25) is 0 Å². The molecule has 22 heavy (non-hydrogen) atoms. The second-order valence-electron chi connectivity index (χ2n) is 9.10. The Hall–Kier alpha value is -0.0800.